The summed E-state index contributed by atoms with van der Waals surface area (Å²) in [5, 5.41) is 36.6. The van der Waals surface area contributed by atoms with Crippen LogP contribution in [-0.2, 0) is 25.5 Å². The zero-order valence-corrected chi connectivity index (χ0v) is 25.5. The minimum atomic E-state index is -1.80. The Kier molecular flexibility index (Phi) is 12.6. The number of amides is 4. The van der Waals surface area contributed by atoms with Crippen molar-refractivity contribution in [2.24, 2.45) is 0 Å². The summed E-state index contributed by atoms with van der Waals surface area (Å²) in [5.41, 5.74) is 0.159. The summed E-state index contributed by atoms with van der Waals surface area (Å²) < 4.78 is 10.3. The van der Waals surface area contributed by atoms with Crippen LogP contribution in [0.15, 0.2) is 66.7 Å². The van der Waals surface area contributed by atoms with Crippen LogP contribution in [0.2, 0.25) is 0 Å². The Morgan fingerprint density at radius 2 is 1.60 bits per heavy atom. The molecule has 15 heteroatoms. The fourth-order valence-corrected chi connectivity index (χ4v) is 4.48. The number of rotatable bonds is 14. The number of carbonyl (C=O) groups excluding carboxylic acids is 4. The van der Waals surface area contributed by atoms with Gasteiger partial charge in [-0.1, -0.05) is 30.3 Å². The Balaban J connectivity index is 1.66. The Labute approximate surface area is 269 Å². The number of phenols is 1. The number of aromatic hydroxyl groups is 1. The van der Waals surface area contributed by atoms with Crippen molar-refractivity contribution in [3.05, 3.63) is 83.4 Å². The lowest BCUT2D eigenvalue weighted by Gasteiger charge is -2.23. The van der Waals surface area contributed by atoms with E-state index in [0.29, 0.717) is 18.4 Å². The molecule has 1 atom stereocenters. The number of carbonyl (C=O) groups is 6. The van der Waals surface area contributed by atoms with Crippen molar-refractivity contribution in [2.75, 3.05) is 32.2 Å². The van der Waals surface area contributed by atoms with Gasteiger partial charge in [0, 0.05) is 25.7 Å². The van der Waals surface area contributed by atoms with Crippen LogP contribution in [-0.4, -0.2) is 84.4 Å². The maximum Gasteiger partial charge on any atom is 0.407 e. The number of hydrogen-bond donors (Lipinski definition) is 6. The summed E-state index contributed by atoms with van der Waals surface area (Å²) in [6.07, 6.45) is 0.0978. The predicted molar refractivity (Wildman–Crippen MR) is 167 cm³/mol. The zero-order valence-electron chi connectivity index (χ0n) is 25.5. The highest BCUT2D eigenvalue weighted by Gasteiger charge is 2.28. The summed E-state index contributed by atoms with van der Waals surface area (Å²) in [4.78, 5) is 73.8. The second-order valence-corrected chi connectivity index (χ2v) is 9.90. The first kappa shape index (κ1) is 35.4. The van der Waals surface area contributed by atoms with Gasteiger partial charge in [0.1, 0.15) is 23.1 Å². The molecule has 6 N–H and O–H groups in total. The summed E-state index contributed by atoms with van der Waals surface area (Å²) >= 11 is 0. The first-order chi connectivity index (χ1) is 22.5. The van der Waals surface area contributed by atoms with E-state index in [4.69, 9.17) is 4.74 Å². The molecule has 0 fully saturated rings. The SMILES string of the molecule is CNC(=O)c1c(O)cccc1OCCCCNC(=O)[C@H](Cc1ccc(N(C(=O)C(=O)O)c2ccccc2C(=O)O)cc1)NC(=O)OC. The monoisotopic (exact) mass is 650 g/mol. The van der Waals surface area contributed by atoms with E-state index in [9.17, 15) is 44.1 Å². The quantitative estimate of drug-likeness (QED) is 0.110. The number of hydrogen-bond acceptors (Lipinski definition) is 9. The van der Waals surface area contributed by atoms with Crippen LogP contribution < -0.4 is 25.6 Å². The number of nitrogens with one attached hydrogen (secondary N) is 3. The van der Waals surface area contributed by atoms with Crippen molar-refractivity contribution in [3.8, 4) is 11.5 Å². The molecular formula is C32H34N4O11. The summed E-state index contributed by atoms with van der Waals surface area (Å²) in [5.74, 6) is -5.57. The molecule has 3 aromatic rings. The van der Waals surface area contributed by atoms with Crippen molar-refractivity contribution in [3.63, 3.8) is 0 Å². The van der Waals surface area contributed by atoms with Crippen molar-refractivity contribution in [1.29, 1.82) is 0 Å². The fraction of sp³-hybridized carbons (Fsp3) is 0.250. The van der Waals surface area contributed by atoms with E-state index in [1.807, 2.05) is 0 Å². The van der Waals surface area contributed by atoms with E-state index in [-0.39, 0.29) is 53.6 Å². The second kappa shape index (κ2) is 16.8. The van der Waals surface area contributed by atoms with Gasteiger partial charge in [0.25, 0.3) is 5.91 Å². The molecular weight excluding hydrogens is 616 g/mol. The van der Waals surface area contributed by atoms with E-state index in [0.717, 1.165) is 12.0 Å². The van der Waals surface area contributed by atoms with Gasteiger partial charge < -0.3 is 40.7 Å². The third-order valence-electron chi connectivity index (χ3n) is 6.78. The van der Waals surface area contributed by atoms with Crippen molar-refractivity contribution in [2.45, 2.75) is 25.3 Å². The lowest BCUT2D eigenvalue weighted by molar-refractivity contribution is -0.148. The van der Waals surface area contributed by atoms with Gasteiger partial charge in [0.2, 0.25) is 5.91 Å². The molecule has 0 aliphatic heterocycles. The topological polar surface area (TPSA) is 221 Å². The highest BCUT2D eigenvalue weighted by molar-refractivity contribution is 6.39. The zero-order chi connectivity index (χ0) is 34.5. The van der Waals surface area contributed by atoms with Crippen LogP contribution in [0.4, 0.5) is 16.2 Å². The number of benzene rings is 3. The minimum Gasteiger partial charge on any atom is -0.507 e. The normalized spacial score (nSPS) is 11.0. The number of nitrogens with zero attached hydrogens (tertiary/aromatic N) is 1. The minimum absolute atomic E-state index is 0.0112. The maximum atomic E-state index is 13.0. The van der Waals surface area contributed by atoms with E-state index in [1.165, 1.54) is 61.6 Å². The number of unbranched alkanes of at least 4 members (excludes halogenated alkanes) is 1. The number of para-hydroxylation sites is 1. The Morgan fingerprint density at radius 1 is 0.894 bits per heavy atom. The highest BCUT2D eigenvalue weighted by atomic mass is 16.5. The second-order valence-electron chi connectivity index (χ2n) is 9.90. The molecule has 0 aromatic heterocycles. The van der Waals surface area contributed by atoms with E-state index >= 15 is 0 Å². The molecule has 0 bridgehead atoms. The van der Waals surface area contributed by atoms with Gasteiger partial charge >= 0.3 is 23.9 Å². The van der Waals surface area contributed by atoms with Crippen LogP contribution in [0.25, 0.3) is 0 Å². The average molecular weight is 651 g/mol. The third-order valence-corrected chi connectivity index (χ3v) is 6.78. The van der Waals surface area contributed by atoms with Gasteiger partial charge in [-0.3, -0.25) is 19.3 Å². The van der Waals surface area contributed by atoms with Gasteiger partial charge in [0.05, 0.1) is 25.0 Å². The largest absolute Gasteiger partial charge is 0.507 e. The van der Waals surface area contributed by atoms with E-state index in [1.54, 1.807) is 12.1 Å². The molecule has 3 rings (SSSR count). The molecule has 0 aliphatic carbocycles. The summed E-state index contributed by atoms with van der Waals surface area (Å²) in [6, 6.07) is 14.6. The molecule has 0 heterocycles. The number of carboxylic acid groups (broad SMARTS) is 2. The molecule has 0 saturated carbocycles. The van der Waals surface area contributed by atoms with E-state index < -0.39 is 41.8 Å². The number of phenolic OH excluding ortho intramolecular Hbond substituents is 1. The number of anilines is 2. The molecule has 0 unspecified atom stereocenters. The molecule has 0 saturated heterocycles. The van der Waals surface area contributed by atoms with Crippen LogP contribution in [0.3, 0.4) is 0 Å². The first-order valence-electron chi connectivity index (χ1n) is 14.3. The van der Waals surface area contributed by atoms with Crippen LogP contribution in [0.5, 0.6) is 11.5 Å². The van der Waals surface area contributed by atoms with Crippen LogP contribution in [0.1, 0.15) is 39.1 Å². The van der Waals surface area contributed by atoms with Gasteiger partial charge in [-0.05, 0) is 54.8 Å². The number of carboxylic acids is 2. The van der Waals surface area contributed by atoms with Gasteiger partial charge in [-0.2, -0.15) is 0 Å². The Hall–Kier alpha value is -6.12. The highest BCUT2D eigenvalue weighted by Crippen LogP contribution is 2.30. The molecule has 0 aliphatic rings. The molecule has 0 radical (unpaired) electrons. The first-order valence-corrected chi connectivity index (χ1v) is 14.3. The van der Waals surface area contributed by atoms with Crippen molar-refractivity contribution >= 4 is 47.1 Å². The summed E-state index contributed by atoms with van der Waals surface area (Å²) in [7, 11) is 2.57. The lowest BCUT2D eigenvalue weighted by Crippen LogP contribution is -2.48. The number of alkyl carbamates (subject to hydrolysis) is 1. The lowest BCUT2D eigenvalue weighted by atomic mass is 10.0. The number of aliphatic carboxylic acids is 1. The molecule has 0 spiro atoms. The molecule has 15 nitrogen and oxygen atoms in total. The van der Waals surface area contributed by atoms with Gasteiger partial charge in [-0.25, -0.2) is 14.4 Å². The fourth-order valence-electron chi connectivity index (χ4n) is 4.48. The van der Waals surface area contributed by atoms with Gasteiger partial charge in [0.15, 0.2) is 0 Å². The summed E-state index contributed by atoms with van der Waals surface area (Å²) in [6.45, 7) is 0.413. The number of aromatic carboxylic acids is 1. The van der Waals surface area contributed by atoms with Crippen LogP contribution >= 0.6 is 0 Å². The van der Waals surface area contributed by atoms with Crippen molar-refractivity contribution in [1.82, 2.24) is 16.0 Å². The molecule has 248 valence electrons. The number of ether oxygens (including phenoxy) is 2. The molecule has 3 aromatic carbocycles. The Morgan fingerprint density at radius 3 is 2.23 bits per heavy atom. The maximum absolute atomic E-state index is 13.0. The van der Waals surface area contributed by atoms with Crippen LogP contribution in [0, 0.1) is 0 Å². The van der Waals surface area contributed by atoms with Crippen molar-refractivity contribution < 1.29 is 53.6 Å². The van der Waals surface area contributed by atoms with E-state index in [2.05, 4.69) is 20.7 Å². The Bertz CT molecular complexity index is 1630. The molecule has 4 amide bonds. The smallest absolute Gasteiger partial charge is 0.407 e. The predicted octanol–water partition coefficient (Wildman–Crippen LogP) is 2.44. The van der Waals surface area contributed by atoms with Gasteiger partial charge in [-0.15, -0.1) is 0 Å². The average Bonchev–Trinajstić information content (AvgIpc) is 3.06. The third kappa shape index (κ3) is 9.43. The molecule has 47 heavy (non-hydrogen) atoms. The number of methoxy groups -OCH3 is 1. The standard InChI is InChI=1S/C32H34N4O11/c1-33-28(39)26-24(37)10-7-11-25(26)47-17-6-5-16-34-27(38)22(35-32(45)46-2)18-19-12-14-20(15-13-19)36(29(40)31(43)44)23-9-4-3-8-21(23)30(41)42/h3-4,7-15,22,37H,5-6,16-18H2,1-2H3,(H,33,39)(H,34,38)(H,35,45)(H,41,42)(H,43,44)/t22-/m0/s1.